The van der Waals surface area contributed by atoms with Crippen molar-refractivity contribution in [3.8, 4) is 6.07 Å². The minimum absolute atomic E-state index is 0.0743. The zero-order chi connectivity index (χ0) is 18.5. The Morgan fingerprint density at radius 2 is 1.92 bits per heavy atom. The van der Waals surface area contributed by atoms with Gasteiger partial charge in [0.2, 0.25) is 5.91 Å². The van der Waals surface area contributed by atoms with E-state index in [0.717, 1.165) is 5.56 Å². The molecule has 0 saturated heterocycles. The molecule has 1 aromatic carbocycles. The van der Waals surface area contributed by atoms with Crippen LogP contribution in [0, 0.1) is 11.3 Å². The lowest BCUT2D eigenvalue weighted by Crippen LogP contribution is -2.45. The third-order valence-corrected chi connectivity index (χ3v) is 3.27. The molecule has 1 aromatic rings. The summed E-state index contributed by atoms with van der Waals surface area (Å²) in [7, 11) is 0. The largest absolute Gasteiger partial charge is 0.480 e. The minimum Gasteiger partial charge on any atom is -0.480 e. The molecule has 0 aromatic heterocycles. The normalized spacial score (nSPS) is 11.0. The van der Waals surface area contributed by atoms with Crippen molar-refractivity contribution in [2.45, 2.75) is 38.3 Å². The maximum absolute atomic E-state index is 11.7. The second-order valence-corrected chi connectivity index (χ2v) is 5.28. The topological polar surface area (TPSA) is 129 Å². The van der Waals surface area contributed by atoms with E-state index >= 15 is 0 Å². The first kappa shape index (κ1) is 20.0. The van der Waals surface area contributed by atoms with Crippen LogP contribution in [0.25, 0.3) is 0 Å². The van der Waals surface area contributed by atoms with Crippen molar-refractivity contribution in [3.63, 3.8) is 0 Å². The Hall–Kier alpha value is -3.08. The Kier molecular flexibility index (Phi) is 9.15. The molecule has 0 saturated carbocycles. The van der Waals surface area contributed by atoms with Crippen LogP contribution in [0.5, 0.6) is 0 Å². The quantitative estimate of drug-likeness (QED) is 0.551. The minimum atomic E-state index is -1.16. The summed E-state index contributed by atoms with van der Waals surface area (Å²) in [6.07, 6.45) is 0.883. The van der Waals surface area contributed by atoms with E-state index in [-0.39, 0.29) is 19.6 Å². The molecule has 0 heterocycles. The third kappa shape index (κ3) is 8.95. The van der Waals surface area contributed by atoms with Gasteiger partial charge >= 0.3 is 12.1 Å². The van der Waals surface area contributed by atoms with Gasteiger partial charge in [-0.2, -0.15) is 5.26 Å². The van der Waals surface area contributed by atoms with E-state index in [1.807, 2.05) is 24.3 Å². The lowest BCUT2D eigenvalue weighted by Gasteiger charge is -2.14. The lowest BCUT2D eigenvalue weighted by molar-refractivity contribution is -0.141. The van der Waals surface area contributed by atoms with Gasteiger partial charge in [0, 0.05) is 6.42 Å². The number of unbranched alkanes of at least 4 members (excludes halogenated alkanes) is 2. The number of aliphatic carboxylic acids is 1. The number of rotatable bonds is 10. The fourth-order valence-electron chi connectivity index (χ4n) is 1.98. The Morgan fingerprint density at radius 1 is 1.20 bits per heavy atom. The van der Waals surface area contributed by atoms with E-state index in [0.29, 0.717) is 19.3 Å². The van der Waals surface area contributed by atoms with E-state index < -0.39 is 24.0 Å². The van der Waals surface area contributed by atoms with Crippen molar-refractivity contribution >= 4 is 18.0 Å². The summed E-state index contributed by atoms with van der Waals surface area (Å²) >= 11 is 0. The van der Waals surface area contributed by atoms with Gasteiger partial charge in [-0.15, -0.1) is 0 Å². The summed E-state index contributed by atoms with van der Waals surface area (Å²) in [5.41, 5.74) is 0.811. The molecule has 2 amide bonds. The Balaban J connectivity index is 2.28. The number of carboxylic acid groups (broad SMARTS) is 1. The van der Waals surface area contributed by atoms with Gasteiger partial charge in [-0.1, -0.05) is 30.3 Å². The van der Waals surface area contributed by atoms with Crippen molar-refractivity contribution in [3.05, 3.63) is 35.9 Å². The number of alkyl carbamates (subject to hydrolysis) is 1. The van der Waals surface area contributed by atoms with Gasteiger partial charge < -0.3 is 20.5 Å². The van der Waals surface area contributed by atoms with Crippen LogP contribution in [0.2, 0.25) is 0 Å². The first-order valence-electron chi connectivity index (χ1n) is 7.86. The van der Waals surface area contributed by atoms with E-state index in [9.17, 15) is 14.4 Å². The number of amides is 2. The molecule has 0 aliphatic heterocycles. The van der Waals surface area contributed by atoms with Crippen LogP contribution >= 0.6 is 0 Å². The second-order valence-electron chi connectivity index (χ2n) is 5.28. The highest BCUT2D eigenvalue weighted by Gasteiger charge is 2.19. The van der Waals surface area contributed by atoms with Crippen LogP contribution in [0.3, 0.4) is 0 Å². The predicted octanol–water partition coefficient (Wildman–Crippen LogP) is 1.57. The number of carboxylic acids is 1. The number of ether oxygens (including phenoxy) is 1. The molecule has 8 nitrogen and oxygen atoms in total. The fourth-order valence-corrected chi connectivity index (χ4v) is 1.98. The summed E-state index contributed by atoms with van der Waals surface area (Å²) in [4.78, 5) is 34.4. The molecule has 25 heavy (non-hydrogen) atoms. The van der Waals surface area contributed by atoms with Gasteiger partial charge in [0.15, 0.2) is 0 Å². The number of benzene rings is 1. The number of nitrogens with zero attached hydrogens (tertiary/aromatic N) is 1. The van der Waals surface area contributed by atoms with Crippen LogP contribution in [0.15, 0.2) is 30.3 Å². The fraction of sp³-hybridized carbons (Fsp3) is 0.412. The molecule has 3 N–H and O–H groups in total. The second kappa shape index (κ2) is 11.5. The zero-order valence-electron chi connectivity index (χ0n) is 13.7. The Morgan fingerprint density at radius 3 is 2.56 bits per heavy atom. The SMILES string of the molecule is N#CCCCC[C@@H](NC(=O)CNC(=O)OCc1ccccc1)C(=O)O. The number of carbonyl (C=O) groups excluding carboxylic acids is 2. The smallest absolute Gasteiger partial charge is 0.407 e. The summed E-state index contributed by atoms with van der Waals surface area (Å²) in [6, 6.07) is 9.98. The van der Waals surface area contributed by atoms with Gasteiger partial charge in [-0.05, 0) is 24.8 Å². The van der Waals surface area contributed by atoms with Crippen LogP contribution in [0.1, 0.15) is 31.2 Å². The standard InChI is InChI=1S/C17H21N3O5/c18-10-6-2-5-9-14(16(22)23)20-15(21)11-19-17(24)25-12-13-7-3-1-4-8-13/h1,3-4,7-8,14H,2,5-6,9,11-12H2,(H,19,24)(H,20,21)(H,22,23)/t14-/m1/s1. The van der Waals surface area contributed by atoms with Gasteiger partial charge in [-0.25, -0.2) is 9.59 Å². The molecule has 1 rings (SSSR count). The van der Waals surface area contributed by atoms with Gasteiger partial charge in [-0.3, -0.25) is 4.79 Å². The summed E-state index contributed by atoms with van der Waals surface area (Å²) in [5.74, 6) is -1.78. The molecule has 1 atom stereocenters. The van der Waals surface area contributed by atoms with E-state index in [1.165, 1.54) is 0 Å². The highest BCUT2D eigenvalue weighted by Crippen LogP contribution is 2.04. The molecular formula is C17H21N3O5. The summed E-state index contributed by atoms with van der Waals surface area (Å²) < 4.78 is 4.95. The predicted molar refractivity (Wildman–Crippen MR) is 88.3 cm³/mol. The van der Waals surface area contributed by atoms with Crippen molar-refractivity contribution in [1.29, 1.82) is 5.26 Å². The number of nitriles is 1. The molecule has 0 spiro atoms. The maximum Gasteiger partial charge on any atom is 0.407 e. The molecule has 0 fully saturated rings. The zero-order valence-corrected chi connectivity index (χ0v) is 13.7. The van der Waals surface area contributed by atoms with Gasteiger partial charge in [0.1, 0.15) is 19.2 Å². The van der Waals surface area contributed by atoms with E-state index in [2.05, 4.69) is 10.6 Å². The molecule has 0 aliphatic rings. The molecule has 0 unspecified atom stereocenters. The van der Waals surface area contributed by atoms with Crippen LogP contribution in [0.4, 0.5) is 4.79 Å². The maximum atomic E-state index is 11.7. The third-order valence-electron chi connectivity index (χ3n) is 3.27. The first-order valence-corrected chi connectivity index (χ1v) is 7.86. The number of carbonyl (C=O) groups is 3. The Labute approximate surface area is 145 Å². The number of nitrogens with one attached hydrogen (secondary N) is 2. The monoisotopic (exact) mass is 347 g/mol. The average molecular weight is 347 g/mol. The molecular weight excluding hydrogens is 326 g/mol. The molecule has 0 bridgehead atoms. The lowest BCUT2D eigenvalue weighted by atomic mass is 10.1. The highest BCUT2D eigenvalue weighted by molar-refractivity contribution is 5.86. The van der Waals surface area contributed by atoms with E-state index in [4.69, 9.17) is 15.1 Å². The molecule has 0 aliphatic carbocycles. The highest BCUT2D eigenvalue weighted by atomic mass is 16.5. The van der Waals surface area contributed by atoms with Crippen molar-refractivity contribution in [2.75, 3.05) is 6.54 Å². The van der Waals surface area contributed by atoms with Crippen molar-refractivity contribution in [1.82, 2.24) is 10.6 Å². The van der Waals surface area contributed by atoms with Crippen molar-refractivity contribution in [2.24, 2.45) is 0 Å². The summed E-state index contributed by atoms with van der Waals surface area (Å²) in [6.45, 7) is -0.305. The number of hydrogen-bond acceptors (Lipinski definition) is 5. The molecule has 8 heteroatoms. The average Bonchev–Trinajstić information content (AvgIpc) is 2.61. The number of hydrogen-bond donors (Lipinski definition) is 3. The Bertz CT molecular complexity index is 612. The van der Waals surface area contributed by atoms with Crippen LogP contribution < -0.4 is 10.6 Å². The molecule has 0 radical (unpaired) electrons. The molecule has 134 valence electrons. The van der Waals surface area contributed by atoms with Crippen molar-refractivity contribution < 1.29 is 24.2 Å². The first-order chi connectivity index (χ1) is 12.0. The van der Waals surface area contributed by atoms with Gasteiger partial charge in [0.05, 0.1) is 6.07 Å². The van der Waals surface area contributed by atoms with Crippen LogP contribution in [-0.2, 0) is 20.9 Å². The van der Waals surface area contributed by atoms with Crippen LogP contribution in [-0.4, -0.2) is 35.7 Å². The van der Waals surface area contributed by atoms with Gasteiger partial charge in [0.25, 0.3) is 0 Å². The van der Waals surface area contributed by atoms with E-state index in [1.54, 1.807) is 12.1 Å². The summed E-state index contributed by atoms with van der Waals surface area (Å²) in [5, 5.41) is 22.1.